The van der Waals surface area contributed by atoms with Gasteiger partial charge in [0, 0.05) is 43.5 Å². The van der Waals surface area contributed by atoms with Crippen LogP contribution in [0.3, 0.4) is 0 Å². The van der Waals surface area contributed by atoms with Crippen LogP contribution < -0.4 is 5.32 Å². The number of carbonyl (C=O) groups is 2. The van der Waals surface area contributed by atoms with Crippen LogP contribution in [0.2, 0.25) is 0 Å². The molecule has 0 saturated carbocycles. The molecule has 7 heteroatoms. The van der Waals surface area contributed by atoms with Gasteiger partial charge < -0.3 is 15.1 Å². The maximum Gasteiger partial charge on any atom is 0.253 e. The van der Waals surface area contributed by atoms with Gasteiger partial charge in [-0.05, 0) is 55.9 Å². The molecule has 1 aliphatic heterocycles. The fraction of sp³-hybridized carbons (Fsp3) is 0.360. The van der Waals surface area contributed by atoms with E-state index in [0.717, 1.165) is 29.7 Å². The van der Waals surface area contributed by atoms with Gasteiger partial charge in [0.25, 0.3) is 5.91 Å². The lowest BCUT2D eigenvalue weighted by Gasteiger charge is -2.27. The van der Waals surface area contributed by atoms with Gasteiger partial charge in [-0.15, -0.1) is 5.73 Å². The van der Waals surface area contributed by atoms with Gasteiger partial charge in [-0.1, -0.05) is 12.1 Å². The van der Waals surface area contributed by atoms with Gasteiger partial charge in [-0.2, -0.15) is 0 Å². The molecule has 6 nitrogen and oxygen atoms in total. The van der Waals surface area contributed by atoms with E-state index in [1.54, 1.807) is 30.5 Å². The molecule has 2 aliphatic rings. The van der Waals surface area contributed by atoms with E-state index in [2.05, 4.69) is 20.9 Å². The smallest absolute Gasteiger partial charge is 0.253 e. The first-order valence-electron chi connectivity index (χ1n) is 10.8. The van der Waals surface area contributed by atoms with Gasteiger partial charge in [0.2, 0.25) is 5.91 Å². The Kier molecular flexibility index (Phi) is 6.49. The van der Waals surface area contributed by atoms with Crippen molar-refractivity contribution in [2.24, 2.45) is 0 Å². The Bertz CT molecular complexity index is 1060. The highest BCUT2D eigenvalue weighted by Gasteiger charge is 2.31. The molecule has 0 radical (unpaired) electrons. The van der Waals surface area contributed by atoms with Gasteiger partial charge in [0.15, 0.2) is 0 Å². The topological polar surface area (TPSA) is 65.5 Å². The molecular weight excluding hydrogens is 407 g/mol. The molecule has 0 bridgehead atoms. The van der Waals surface area contributed by atoms with Gasteiger partial charge in [0.1, 0.15) is 5.82 Å². The van der Waals surface area contributed by atoms with Crippen molar-refractivity contribution in [2.45, 2.75) is 31.3 Å². The Balaban J connectivity index is 1.52. The number of aromatic nitrogens is 1. The lowest BCUT2D eigenvalue weighted by molar-refractivity contribution is -0.130. The number of nitrogens with zero attached hydrogens (tertiary/aromatic N) is 3. The Morgan fingerprint density at radius 3 is 2.66 bits per heavy atom. The number of nitrogens with one attached hydrogen (secondary N) is 1. The first-order valence-corrected chi connectivity index (χ1v) is 10.8. The van der Waals surface area contributed by atoms with E-state index in [1.165, 1.54) is 18.3 Å². The van der Waals surface area contributed by atoms with Gasteiger partial charge in [-0.25, -0.2) is 4.39 Å². The van der Waals surface area contributed by atoms with E-state index in [1.807, 2.05) is 19.0 Å². The fourth-order valence-corrected chi connectivity index (χ4v) is 4.10. The Morgan fingerprint density at radius 2 is 2.03 bits per heavy atom. The number of rotatable bonds is 7. The Morgan fingerprint density at radius 1 is 1.28 bits per heavy atom. The van der Waals surface area contributed by atoms with E-state index in [9.17, 15) is 14.0 Å². The molecular formula is C25H27FN4O2. The van der Waals surface area contributed by atoms with Crippen molar-refractivity contribution in [3.8, 4) is 0 Å². The summed E-state index contributed by atoms with van der Waals surface area (Å²) >= 11 is 0. The summed E-state index contributed by atoms with van der Waals surface area (Å²) in [5.41, 5.74) is 6.46. The number of likely N-dealkylation sites (N-methyl/N-ethyl adjacent to an activating group) is 1. The maximum atomic E-state index is 13.2. The van der Waals surface area contributed by atoms with Crippen LogP contribution in [0, 0.1) is 5.82 Å². The van der Waals surface area contributed by atoms with Crippen LogP contribution in [-0.2, 0) is 4.79 Å². The molecule has 1 N–H and O–H groups in total. The average molecular weight is 435 g/mol. The molecule has 1 fully saturated rings. The van der Waals surface area contributed by atoms with E-state index in [-0.39, 0.29) is 24.1 Å². The monoisotopic (exact) mass is 434 g/mol. The first kappa shape index (κ1) is 21.9. The minimum atomic E-state index is -0.446. The number of amides is 2. The van der Waals surface area contributed by atoms with Crippen LogP contribution in [0.4, 0.5) is 4.39 Å². The third kappa shape index (κ3) is 4.96. The summed E-state index contributed by atoms with van der Waals surface area (Å²) in [5.74, 6) is -0.532. The largest absolute Gasteiger partial charge is 0.344 e. The van der Waals surface area contributed by atoms with E-state index >= 15 is 0 Å². The highest BCUT2D eigenvalue weighted by Crippen LogP contribution is 2.32. The number of benzene rings is 1. The zero-order valence-electron chi connectivity index (χ0n) is 18.3. The molecule has 32 heavy (non-hydrogen) atoms. The standard InChI is InChI=1S/C25H27FN4O2/c1-29(2)22-9-11-30(16-22)24(31)14-23(28-25(32)18-4-3-10-27-15-18)20-12-19(13-20)17-5-7-21(26)8-6-17/h3-8,10,15,22-23H,9,11-12,14,16H2,1-2H3,(H,28,32). The molecule has 4 rings (SSSR count). The highest BCUT2D eigenvalue weighted by atomic mass is 19.1. The quantitative estimate of drug-likeness (QED) is 0.681. The lowest BCUT2D eigenvalue weighted by Crippen LogP contribution is -2.42. The fourth-order valence-electron chi connectivity index (χ4n) is 4.10. The molecule has 1 aromatic carbocycles. The van der Waals surface area contributed by atoms with Crippen LogP contribution in [-0.4, -0.2) is 65.9 Å². The van der Waals surface area contributed by atoms with E-state index in [4.69, 9.17) is 0 Å². The lowest BCUT2D eigenvalue weighted by atomic mass is 9.85. The predicted octanol–water partition coefficient (Wildman–Crippen LogP) is 2.88. The number of halogens is 1. The highest BCUT2D eigenvalue weighted by molar-refractivity contribution is 5.95. The van der Waals surface area contributed by atoms with Gasteiger partial charge in [-0.3, -0.25) is 14.6 Å². The molecule has 1 aromatic heterocycles. The van der Waals surface area contributed by atoms with Crippen LogP contribution in [0.15, 0.2) is 60.1 Å². The number of likely N-dealkylation sites (tertiary alicyclic amines) is 1. The summed E-state index contributed by atoms with van der Waals surface area (Å²) in [6, 6.07) is 9.58. The van der Waals surface area contributed by atoms with E-state index in [0.29, 0.717) is 24.6 Å². The SMILES string of the molecule is CN(C)C1CCN(C(=O)CC(NC(=O)c2cccnc2)C2=C=C(c3ccc(F)cc3)C2)C1. The van der Waals surface area contributed by atoms with Crippen molar-refractivity contribution in [2.75, 3.05) is 27.2 Å². The molecule has 2 amide bonds. The second kappa shape index (κ2) is 9.47. The summed E-state index contributed by atoms with van der Waals surface area (Å²) in [5, 5.41) is 3.00. The van der Waals surface area contributed by atoms with Crippen molar-refractivity contribution >= 4 is 17.4 Å². The molecule has 166 valence electrons. The minimum absolute atomic E-state index is 0.0235. The number of hydrogen-bond acceptors (Lipinski definition) is 4. The molecule has 2 atom stereocenters. The normalized spacial score (nSPS) is 18.6. The van der Waals surface area contributed by atoms with Gasteiger partial charge >= 0.3 is 0 Å². The molecule has 1 aliphatic carbocycles. The van der Waals surface area contributed by atoms with Crippen molar-refractivity contribution in [1.29, 1.82) is 0 Å². The molecule has 2 unspecified atom stereocenters. The molecule has 2 aromatic rings. The van der Waals surface area contributed by atoms with Crippen LogP contribution >= 0.6 is 0 Å². The summed E-state index contributed by atoms with van der Waals surface area (Å²) in [7, 11) is 4.05. The summed E-state index contributed by atoms with van der Waals surface area (Å²) < 4.78 is 13.2. The van der Waals surface area contributed by atoms with Crippen molar-refractivity contribution in [1.82, 2.24) is 20.1 Å². The second-order valence-electron chi connectivity index (χ2n) is 8.53. The molecule has 2 heterocycles. The van der Waals surface area contributed by atoms with Crippen molar-refractivity contribution < 1.29 is 14.0 Å². The molecule has 1 saturated heterocycles. The van der Waals surface area contributed by atoms with Crippen LogP contribution in [0.1, 0.15) is 35.2 Å². The zero-order chi connectivity index (χ0) is 22.7. The Hall–Kier alpha value is -3.28. The van der Waals surface area contributed by atoms with Crippen LogP contribution in [0.5, 0.6) is 0 Å². The third-order valence-electron chi connectivity index (χ3n) is 6.15. The van der Waals surface area contributed by atoms with Crippen LogP contribution in [0.25, 0.3) is 5.57 Å². The number of hydrogen-bond donors (Lipinski definition) is 1. The van der Waals surface area contributed by atoms with Crippen molar-refractivity contribution in [3.05, 3.63) is 77.0 Å². The summed E-state index contributed by atoms with van der Waals surface area (Å²) in [4.78, 5) is 33.8. The van der Waals surface area contributed by atoms with E-state index < -0.39 is 6.04 Å². The molecule has 0 spiro atoms. The second-order valence-corrected chi connectivity index (χ2v) is 8.53. The summed E-state index contributed by atoms with van der Waals surface area (Å²) in [6.45, 7) is 1.42. The first-order chi connectivity index (χ1) is 15.4. The van der Waals surface area contributed by atoms with Crippen molar-refractivity contribution in [3.63, 3.8) is 0 Å². The third-order valence-corrected chi connectivity index (χ3v) is 6.15. The maximum absolute atomic E-state index is 13.2. The number of pyridine rings is 1. The van der Waals surface area contributed by atoms with Gasteiger partial charge in [0.05, 0.1) is 18.0 Å². The number of carbonyl (C=O) groups excluding carboxylic acids is 2. The Labute approximate surface area is 187 Å². The predicted molar refractivity (Wildman–Crippen MR) is 120 cm³/mol. The average Bonchev–Trinajstić information content (AvgIpc) is 3.25. The zero-order valence-corrected chi connectivity index (χ0v) is 18.3. The summed E-state index contributed by atoms with van der Waals surface area (Å²) in [6.07, 6.45) is 4.84. The minimum Gasteiger partial charge on any atom is -0.344 e.